The standard InChI is InChI=1S/C15H17FN2O3S/c1-10(6-14(19)12-2-4-13(16)5-3-12)17-8-11-7-15(18(20)21)22-9-11/h2-5,7,9-10,14,17,19H,6,8H2,1H3. The molecule has 2 rings (SSSR count). The van der Waals surface area contributed by atoms with Gasteiger partial charge >= 0.3 is 5.00 Å². The fraction of sp³-hybridized carbons (Fsp3) is 0.333. The maximum atomic E-state index is 12.8. The fourth-order valence-corrected chi connectivity index (χ4v) is 2.81. The summed E-state index contributed by atoms with van der Waals surface area (Å²) >= 11 is 1.10. The second-order valence-corrected chi connectivity index (χ2v) is 6.02. The second kappa shape index (κ2) is 7.44. The van der Waals surface area contributed by atoms with E-state index in [-0.39, 0.29) is 16.9 Å². The minimum absolute atomic E-state index is 0.0130. The van der Waals surface area contributed by atoms with Gasteiger partial charge in [-0.05, 0) is 36.6 Å². The van der Waals surface area contributed by atoms with Gasteiger partial charge in [0, 0.05) is 24.0 Å². The molecule has 0 aliphatic rings. The van der Waals surface area contributed by atoms with Gasteiger partial charge in [-0.3, -0.25) is 10.1 Å². The first-order valence-electron chi connectivity index (χ1n) is 6.84. The van der Waals surface area contributed by atoms with Gasteiger partial charge in [-0.2, -0.15) is 0 Å². The Morgan fingerprint density at radius 1 is 1.41 bits per heavy atom. The van der Waals surface area contributed by atoms with Crippen molar-refractivity contribution in [3.8, 4) is 0 Å². The van der Waals surface area contributed by atoms with Gasteiger partial charge in [-0.15, -0.1) is 0 Å². The van der Waals surface area contributed by atoms with Crippen molar-refractivity contribution < 1.29 is 14.4 Å². The highest BCUT2D eigenvalue weighted by molar-refractivity contribution is 7.13. The van der Waals surface area contributed by atoms with Crippen molar-refractivity contribution in [3.63, 3.8) is 0 Å². The number of halogens is 1. The zero-order valence-electron chi connectivity index (χ0n) is 12.0. The van der Waals surface area contributed by atoms with Crippen LogP contribution < -0.4 is 5.32 Å². The summed E-state index contributed by atoms with van der Waals surface area (Å²) in [4.78, 5) is 10.2. The van der Waals surface area contributed by atoms with Crippen LogP contribution in [-0.4, -0.2) is 16.1 Å². The molecule has 0 aliphatic heterocycles. The van der Waals surface area contributed by atoms with Crippen LogP contribution >= 0.6 is 11.3 Å². The van der Waals surface area contributed by atoms with Crippen LogP contribution in [-0.2, 0) is 6.54 Å². The Hall–Kier alpha value is -1.83. The van der Waals surface area contributed by atoms with Crippen LogP contribution in [0.15, 0.2) is 35.7 Å². The third-order valence-electron chi connectivity index (χ3n) is 3.31. The van der Waals surface area contributed by atoms with Gasteiger partial charge in [0.15, 0.2) is 0 Å². The molecule has 0 saturated carbocycles. The molecule has 0 aliphatic carbocycles. The Morgan fingerprint density at radius 3 is 2.68 bits per heavy atom. The molecule has 0 amide bonds. The van der Waals surface area contributed by atoms with E-state index >= 15 is 0 Å². The minimum Gasteiger partial charge on any atom is -0.388 e. The summed E-state index contributed by atoms with van der Waals surface area (Å²) in [5.41, 5.74) is 1.51. The first kappa shape index (κ1) is 16.5. The van der Waals surface area contributed by atoms with Crippen LogP contribution in [0.2, 0.25) is 0 Å². The van der Waals surface area contributed by atoms with E-state index in [2.05, 4.69) is 5.32 Å². The van der Waals surface area contributed by atoms with Crippen LogP contribution in [0.3, 0.4) is 0 Å². The predicted molar refractivity (Wildman–Crippen MR) is 83.3 cm³/mol. The normalized spacial score (nSPS) is 13.8. The van der Waals surface area contributed by atoms with Crippen molar-refractivity contribution >= 4 is 16.3 Å². The van der Waals surface area contributed by atoms with Crippen molar-refractivity contribution in [1.82, 2.24) is 5.32 Å². The lowest BCUT2D eigenvalue weighted by Gasteiger charge is -2.18. The second-order valence-electron chi connectivity index (χ2n) is 5.14. The molecule has 0 spiro atoms. The first-order chi connectivity index (χ1) is 10.5. The average Bonchev–Trinajstić information content (AvgIpc) is 2.95. The summed E-state index contributed by atoms with van der Waals surface area (Å²) in [6, 6.07) is 7.33. The minimum atomic E-state index is -0.681. The third kappa shape index (κ3) is 4.59. The molecule has 118 valence electrons. The van der Waals surface area contributed by atoms with Gasteiger partial charge in [-0.1, -0.05) is 23.5 Å². The van der Waals surface area contributed by atoms with Gasteiger partial charge in [0.05, 0.1) is 11.0 Å². The smallest absolute Gasteiger partial charge is 0.324 e. The van der Waals surface area contributed by atoms with E-state index in [4.69, 9.17) is 0 Å². The van der Waals surface area contributed by atoms with Crippen molar-refractivity contribution in [1.29, 1.82) is 0 Å². The van der Waals surface area contributed by atoms with Crippen molar-refractivity contribution in [2.45, 2.75) is 32.0 Å². The van der Waals surface area contributed by atoms with E-state index < -0.39 is 11.0 Å². The lowest BCUT2D eigenvalue weighted by molar-refractivity contribution is -0.380. The topological polar surface area (TPSA) is 75.4 Å². The fourth-order valence-electron chi connectivity index (χ4n) is 2.08. The molecule has 2 atom stereocenters. The number of aliphatic hydroxyl groups excluding tert-OH is 1. The van der Waals surface area contributed by atoms with E-state index in [1.807, 2.05) is 6.92 Å². The summed E-state index contributed by atoms with van der Waals surface area (Å²) in [7, 11) is 0. The monoisotopic (exact) mass is 324 g/mol. The number of thiophene rings is 1. The van der Waals surface area contributed by atoms with Crippen LogP contribution in [0.5, 0.6) is 0 Å². The number of rotatable bonds is 7. The van der Waals surface area contributed by atoms with Crippen LogP contribution in [0.1, 0.15) is 30.6 Å². The molecule has 2 aromatic rings. The summed E-state index contributed by atoms with van der Waals surface area (Å²) in [5.74, 6) is -0.332. The van der Waals surface area contributed by atoms with Gasteiger partial charge in [0.25, 0.3) is 0 Å². The summed E-state index contributed by atoms with van der Waals surface area (Å²) in [5, 5.41) is 25.8. The lowest BCUT2D eigenvalue weighted by Crippen LogP contribution is -2.27. The quantitative estimate of drug-likeness (QED) is 0.604. The first-order valence-corrected chi connectivity index (χ1v) is 7.72. The molecule has 0 bridgehead atoms. The van der Waals surface area contributed by atoms with Crippen molar-refractivity contribution in [2.24, 2.45) is 0 Å². The molecule has 5 nitrogen and oxygen atoms in total. The van der Waals surface area contributed by atoms with Gasteiger partial charge < -0.3 is 10.4 Å². The Bertz CT molecular complexity index is 630. The molecule has 1 aromatic carbocycles. The molecule has 0 radical (unpaired) electrons. The Morgan fingerprint density at radius 2 is 2.09 bits per heavy atom. The molecule has 2 N–H and O–H groups in total. The van der Waals surface area contributed by atoms with Gasteiger partial charge in [0.2, 0.25) is 0 Å². The number of hydrogen-bond acceptors (Lipinski definition) is 5. The van der Waals surface area contributed by atoms with E-state index in [0.29, 0.717) is 18.5 Å². The molecule has 0 fully saturated rings. The number of benzene rings is 1. The Balaban J connectivity index is 1.82. The number of nitrogens with one attached hydrogen (secondary N) is 1. The number of nitrogens with zero attached hydrogens (tertiary/aromatic N) is 1. The molecule has 7 heteroatoms. The van der Waals surface area contributed by atoms with Gasteiger partial charge in [-0.25, -0.2) is 4.39 Å². The number of hydrogen-bond donors (Lipinski definition) is 2. The third-order valence-corrected chi connectivity index (χ3v) is 4.24. The molecule has 22 heavy (non-hydrogen) atoms. The zero-order valence-corrected chi connectivity index (χ0v) is 12.8. The SMILES string of the molecule is CC(CC(O)c1ccc(F)cc1)NCc1csc([N+](=O)[O-])c1. The molecular formula is C15H17FN2O3S. The highest BCUT2D eigenvalue weighted by atomic mass is 32.1. The van der Waals surface area contributed by atoms with Crippen LogP contribution in [0.4, 0.5) is 9.39 Å². The number of aliphatic hydroxyl groups is 1. The Labute approximate surface area is 131 Å². The van der Waals surface area contributed by atoms with E-state index in [1.165, 1.54) is 12.1 Å². The summed E-state index contributed by atoms with van der Waals surface area (Å²) in [6.07, 6.45) is -0.211. The van der Waals surface area contributed by atoms with E-state index in [1.54, 1.807) is 23.6 Å². The van der Waals surface area contributed by atoms with E-state index in [0.717, 1.165) is 16.9 Å². The van der Waals surface area contributed by atoms with Crippen LogP contribution in [0.25, 0.3) is 0 Å². The largest absolute Gasteiger partial charge is 0.388 e. The molecule has 1 heterocycles. The zero-order chi connectivity index (χ0) is 16.1. The van der Waals surface area contributed by atoms with Crippen LogP contribution in [0, 0.1) is 15.9 Å². The molecular weight excluding hydrogens is 307 g/mol. The van der Waals surface area contributed by atoms with Crippen molar-refractivity contribution in [2.75, 3.05) is 0 Å². The van der Waals surface area contributed by atoms with Gasteiger partial charge in [0.1, 0.15) is 5.82 Å². The summed E-state index contributed by atoms with van der Waals surface area (Å²) in [6.45, 7) is 2.43. The molecule has 0 saturated heterocycles. The molecule has 1 aromatic heterocycles. The highest BCUT2D eigenvalue weighted by Crippen LogP contribution is 2.23. The number of nitro groups is 1. The maximum Gasteiger partial charge on any atom is 0.324 e. The predicted octanol–water partition coefficient (Wildman–Crippen LogP) is 3.40. The average molecular weight is 324 g/mol. The van der Waals surface area contributed by atoms with E-state index in [9.17, 15) is 19.6 Å². The van der Waals surface area contributed by atoms with Crippen molar-refractivity contribution in [3.05, 3.63) is 62.8 Å². The molecule has 2 unspecified atom stereocenters. The highest BCUT2D eigenvalue weighted by Gasteiger charge is 2.14. The Kier molecular flexibility index (Phi) is 5.59. The maximum absolute atomic E-state index is 12.8. The summed E-state index contributed by atoms with van der Waals surface area (Å²) < 4.78 is 12.8. The lowest BCUT2D eigenvalue weighted by atomic mass is 10.0.